The Labute approximate surface area is 152 Å². The van der Waals surface area contributed by atoms with E-state index in [1.165, 1.54) is 30.2 Å². The van der Waals surface area contributed by atoms with Crippen molar-refractivity contribution in [3.63, 3.8) is 0 Å². The van der Waals surface area contributed by atoms with Crippen LogP contribution in [0.15, 0.2) is 53.4 Å². The minimum Gasteiger partial charge on any atom is -0.495 e. The molecule has 2 aromatic rings. The molecule has 8 heteroatoms. The van der Waals surface area contributed by atoms with Crippen LogP contribution in [0.25, 0.3) is 0 Å². The van der Waals surface area contributed by atoms with Crippen molar-refractivity contribution in [1.29, 1.82) is 0 Å². The molecule has 0 aliphatic carbocycles. The third-order valence-electron chi connectivity index (χ3n) is 3.53. The van der Waals surface area contributed by atoms with Crippen molar-refractivity contribution in [2.75, 3.05) is 25.1 Å². The van der Waals surface area contributed by atoms with Crippen molar-refractivity contribution in [3.8, 4) is 5.75 Å². The third-order valence-corrected chi connectivity index (χ3v) is 5.23. The van der Waals surface area contributed by atoms with Gasteiger partial charge in [0.05, 0.1) is 23.6 Å². The van der Waals surface area contributed by atoms with Crippen LogP contribution in [-0.2, 0) is 14.8 Å². The number of nitrogens with zero attached hydrogens (tertiary/aromatic N) is 1. The summed E-state index contributed by atoms with van der Waals surface area (Å²) in [5, 5.41) is 0.177. The van der Waals surface area contributed by atoms with Crippen molar-refractivity contribution >= 4 is 33.2 Å². The fourth-order valence-electron chi connectivity index (χ4n) is 2.26. The van der Waals surface area contributed by atoms with Crippen molar-refractivity contribution in [2.24, 2.45) is 0 Å². The first kappa shape index (κ1) is 19.2. The maximum atomic E-state index is 12.4. The van der Waals surface area contributed by atoms with Gasteiger partial charge in [0.15, 0.2) is 0 Å². The molecule has 0 atom stereocenters. The molecule has 0 saturated heterocycles. The zero-order valence-electron chi connectivity index (χ0n) is 13.9. The SMILES string of the molecule is CCN(C(=O)CNS(=O)(=O)c1ccc(OC)c(Cl)c1)c1ccccc1. The van der Waals surface area contributed by atoms with Gasteiger partial charge in [-0.2, -0.15) is 0 Å². The molecule has 2 rings (SSSR count). The van der Waals surface area contributed by atoms with E-state index in [9.17, 15) is 13.2 Å². The number of methoxy groups -OCH3 is 1. The first-order chi connectivity index (χ1) is 11.9. The van der Waals surface area contributed by atoms with E-state index >= 15 is 0 Å². The highest BCUT2D eigenvalue weighted by atomic mass is 35.5. The molecule has 1 N–H and O–H groups in total. The Morgan fingerprint density at radius 1 is 1.20 bits per heavy atom. The highest BCUT2D eigenvalue weighted by Crippen LogP contribution is 2.26. The summed E-state index contributed by atoms with van der Waals surface area (Å²) in [5.74, 6) is 0.0230. The number of anilines is 1. The molecule has 0 unspecified atom stereocenters. The molecule has 0 aliphatic rings. The topological polar surface area (TPSA) is 75.7 Å². The van der Waals surface area contributed by atoms with Gasteiger partial charge in [-0.15, -0.1) is 0 Å². The first-order valence-electron chi connectivity index (χ1n) is 7.57. The van der Waals surface area contributed by atoms with Gasteiger partial charge in [-0.25, -0.2) is 13.1 Å². The molecule has 0 aliphatic heterocycles. The quantitative estimate of drug-likeness (QED) is 0.798. The Morgan fingerprint density at radius 2 is 1.88 bits per heavy atom. The number of carbonyl (C=O) groups is 1. The lowest BCUT2D eigenvalue weighted by Crippen LogP contribution is -2.40. The minimum absolute atomic E-state index is 0.0335. The molecule has 0 heterocycles. The number of hydrogen-bond donors (Lipinski definition) is 1. The van der Waals surface area contributed by atoms with E-state index in [0.717, 1.165) is 0 Å². The van der Waals surface area contributed by atoms with E-state index < -0.39 is 10.0 Å². The number of rotatable bonds is 7. The Balaban J connectivity index is 2.11. The number of amides is 1. The van der Waals surface area contributed by atoms with E-state index in [4.69, 9.17) is 16.3 Å². The highest BCUT2D eigenvalue weighted by Gasteiger charge is 2.20. The second-order valence-corrected chi connectivity index (χ2v) is 7.27. The summed E-state index contributed by atoms with van der Waals surface area (Å²) < 4.78 is 32.0. The van der Waals surface area contributed by atoms with E-state index in [1.807, 2.05) is 25.1 Å². The molecule has 25 heavy (non-hydrogen) atoms. The number of ether oxygens (including phenoxy) is 1. The van der Waals surface area contributed by atoms with Gasteiger partial charge in [0.1, 0.15) is 5.75 Å². The summed E-state index contributed by atoms with van der Waals surface area (Å²) in [6, 6.07) is 13.2. The fourth-order valence-corrected chi connectivity index (χ4v) is 3.58. The molecular formula is C17H19ClN2O4S. The van der Waals surface area contributed by atoms with Gasteiger partial charge in [-0.3, -0.25) is 4.79 Å². The second kappa shape index (κ2) is 8.33. The average Bonchev–Trinajstić information content (AvgIpc) is 2.61. The smallest absolute Gasteiger partial charge is 0.242 e. The Hall–Kier alpha value is -2.09. The largest absolute Gasteiger partial charge is 0.495 e. The van der Waals surface area contributed by atoms with Crippen molar-refractivity contribution < 1.29 is 17.9 Å². The number of nitrogens with one attached hydrogen (secondary N) is 1. The van der Waals surface area contributed by atoms with Crippen molar-refractivity contribution in [1.82, 2.24) is 4.72 Å². The number of halogens is 1. The van der Waals surface area contributed by atoms with Crippen LogP contribution >= 0.6 is 11.6 Å². The predicted octanol–water partition coefficient (Wildman–Crippen LogP) is 2.68. The van der Waals surface area contributed by atoms with Gasteiger partial charge in [0.25, 0.3) is 0 Å². The fraction of sp³-hybridized carbons (Fsp3) is 0.235. The van der Waals surface area contributed by atoms with Crippen LogP contribution in [0.3, 0.4) is 0 Å². The van der Waals surface area contributed by atoms with E-state index in [1.54, 1.807) is 12.1 Å². The second-order valence-electron chi connectivity index (χ2n) is 5.09. The third kappa shape index (κ3) is 4.72. The molecule has 134 valence electrons. The molecule has 0 aromatic heterocycles. The molecule has 0 radical (unpaired) electrons. The summed E-state index contributed by atoms with van der Waals surface area (Å²) in [4.78, 5) is 13.8. The number of likely N-dealkylation sites (N-methyl/N-ethyl adjacent to an activating group) is 1. The number of para-hydroxylation sites is 1. The van der Waals surface area contributed by atoms with Crippen LogP contribution in [0.1, 0.15) is 6.92 Å². The highest BCUT2D eigenvalue weighted by molar-refractivity contribution is 7.89. The zero-order chi connectivity index (χ0) is 18.4. The molecule has 0 spiro atoms. The Morgan fingerprint density at radius 3 is 2.44 bits per heavy atom. The van der Waals surface area contributed by atoms with Crippen LogP contribution < -0.4 is 14.4 Å². The average molecular weight is 383 g/mol. The molecule has 6 nitrogen and oxygen atoms in total. The predicted molar refractivity (Wildman–Crippen MR) is 97.7 cm³/mol. The van der Waals surface area contributed by atoms with Crippen LogP contribution in [0.2, 0.25) is 5.02 Å². The first-order valence-corrected chi connectivity index (χ1v) is 9.43. The molecule has 0 saturated carbocycles. The summed E-state index contributed by atoms with van der Waals surface area (Å²) in [6.07, 6.45) is 0. The maximum absolute atomic E-state index is 12.4. The lowest BCUT2D eigenvalue weighted by Gasteiger charge is -2.21. The molecule has 1 amide bonds. The molecular weight excluding hydrogens is 364 g/mol. The summed E-state index contributed by atoms with van der Waals surface area (Å²) in [7, 11) is -2.42. The van der Waals surface area contributed by atoms with Gasteiger partial charge in [0.2, 0.25) is 15.9 Å². The summed E-state index contributed by atoms with van der Waals surface area (Å²) in [6.45, 7) is 1.90. The lowest BCUT2D eigenvalue weighted by atomic mass is 10.3. The zero-order valence-corrected chi connectivity index (χ0v) is 15.5. The van der Waals surface area contributed by atoms with E-state index in [0.29, 0.717) is 18.0 Å². The Bertz CT molecular complexity index is 841. The summed E-state index contributed by atoms with van der Waals surface area (Å²) in [5.41, 5.74) is 0.710. The minimum atomic E-state index is -3.86. The van der Waals surface area contributed by atoms with Gasteiger partial charge in [-0.05, 0) is 37.3 Å². The van der Waals surface area contributed by atoms with Gasteiger partial charge in [0, 0.05) is 12.2 Å². The molecule has 2 aromatic carbocycles. The number of benzene rings is 2. The van der Waals surface area contributed by atoms with E-state index in [2.05, 4.69) is 4.72 Å². The standard InChI is InChI=1S/C17H19ClN2O4S/c1-3-20(13-7-5-4-6-8-13)17(21)12-19-25(22,23)14-9-10-16(24-2)15(18)11-14/h4-11,19H,3,12H2,1-2H3. The normalized spacial score (nSPS) is 11.2. The monoisotopic (exact) mass is 382 g/mol. The van der Waals surface area contributed by atoms with Crippen LogP contribution in [-0.4, -0.2) is 34.5 Å². The molecule has 0 bridgehead atoms. The molecule has 0 fully saturated rings. The van der Waals surface area contributed by atoms with Crippen LogP contribution in [0.5, 0.6) is 5.75 Å². The lowest BCUT2D eigenvalue weighted by molar-refractivity contribution is -0.117. The van der Waals surface area contributed by atoms with Gasteiger partial charge < -0.3 is 9.64 Å². The number of hydrogen-bond acceptors (Lipinski definition) is 4. The number of carbonyl (C=O) groups excluding carboxylic acids is 1. The van der Waals surface area contributed by atoms with Crippen molar-refractivity contribution in [2.45, 2.75) is 11.8 Å². The number of sulfonamides is 1. The van der Waals surface area contributed by atoms with Gasteiger partial charge in [-0.1, -0.05) is 29.8 Å². The Kier molecular flexibility index (Phi) is 6.41. The van der Waals surface area contributed by atoms with Gasteiger partial charge >= 0.3 is 0 Å². The maximum Gasteiger partial charge on any atom is 0.242 e. The van der Waals surface area contributed by atoms with E-state index in [-0.39, 0.29) is 22.4 Å². The van der Waals surface area contributed by atoms with Crippen LogP contribution in [0, 0.1) is 0 Å². The van der Waals surface area contributed by atoms with Crippen LogP contribution in [0.4, 0.5) is 5.69 Å². The summed E-state index contributed by atoms with van der Waals surface area (Å²) >= 11 is 5.96. The van der Waals surface area contributed by atoms with Crippen molar-refractivity contribution in [3.05, 3.63) is 53.6 Å².